The lowest BCUT2D eigenvalue weighted by atomic mass is 9.93. The number of carbonyl (C=O) groups excluding carboxylic acids is 2. The standard InChI is InChI=1S/C37H29N3O5S/c1-3-45-36(43)30-31(24-15-8-5-9-16-24)38-37-40(32(30)25-17-12-18-26(21-25)44-2)35(42)33(46-37)29-27-19-10-11-20-28(27)39(34(29)41)22-23-13-6-4-7-14-23/h4-21,32H,3,22H2,1-2H3/b33-29-/t32-/m1/s1. The number of thiazole rings is 1. The van der Waals surface area contributed by atoms with Crippen LogP contribution in [-0.4, -0.2) is 30.2 Å². The second-order valence-corrected chi connectivity index (χ2v) is 11.8. The van der Waals surface area contributed by atoms with Gasteiger partial charge in [-0.2, -0.15) is 0 Å². The van der Waals surface area contributed by atoms with E-state index >= 15 is 0 Å². The zero-order valence-electron chi connectivity index (χ0n) is 25.2. The first-order valence-electron chi connectivity index (χ1n) is 14.9. The average Bonchev–Trinajstić information content (AvgIpc) is 3.56. The number of amides is 1. The fourth-order valence-corrected chi connectivity index (χ4v) is 7.13. The van der Waals surface area contributed by atoms with Gasteiger partial charge in [-0.1, -0.05) is 102 Å². The zero-order valence-corrected chi connectivity index (χ0v) is 26.0. The Hall–Kier alpha value is -5.54. The third-order valence-electron chi connectivity index (χ3n) is 8.09. The molecule has 1 atom stereocenters. The quantitative estimate of drug-likeness (QED) is 0.241. The number of hydrogen-bond donors (Lipinski definition) is 0. The minimum absolute atomic E-state index is 0.145. The zero-order chi connectivity index (χ0) is 31.8. The van der Waals surface area contributed by atoms with Gasteiger partial charge in [0.15, 0.2) is 4.80 Å². The van der Waals surface area contributed by atoms with Crippen LogP contribution in [0.25, 0.3) is 11.3 Å². The van der Waals surface area contributed by atoms with Gasteiger partial charge in [-0.3, -0.25) is 14.2 Å². The highest BCUT2D eigenvalue weighted by atomic mass is 32.1. The molecule has 2 aliphatic rings. The second-order valence-electron chi connectivity index (χ2n) is 10.8. The van der Waals surface area contributed by atoms with Gasteiger partial charge < -0.3 is 14.4 Å². The molecule has 2 aliphatic heterocycles. The van der Waals surface area contributed by atoms with Crippen LogP contribution in [0.1, 0.15) is 35.2 Å². The normalized spacial score (nSPS) is 16.5. The number of benzene rings is 4. The van der Waals surface area contributed by atoms with E-state index in [1.54, 1.807) is 31.1 Å². The number of nitrogens with zero attached hydrogens (tertiary/aromatic N) is 3. The molecule has 228 valence electrons. The lowest BCUT2D eigenvalue weighted by Crippen LogP contribution is -2.41. The molecule has 0 saturated heterocycles. The number of methoxy groups -OCH3 is 1. The number of rotatable bonds is 7. The minimum atomic E-state index is -0.887. The van der Waals surface area contributed by atoms with E-state index in [1.807, 2.05) is 97.1 Å². The van der Waals surface area contributed by atoms with E-state index in [0.717, 1.165) is 22.6 Å². The topological polar surface area (TPSA) is 90.2 Å². The van der Waals surface area contributed by atoms with Crippen LogP contribution >= 0.6 is 11.3 Å². The maximum Gasteiger partial charge on any atom is 0.338 e. The molecule has 5 aromatic rings. The van der Waals surface area contributed by atoms with Crippen LogP contribution in [0.4, 0.5) is 5.69 Å². The fourth-order valence-electron chi connectivity index (χ4n) is 6.04. The number of hydrogen-bond acceptors (Lipinski definition) is 7. The van der Waals surface area contributed by atoms with Crippen molar-refractivity contribution < 1.29 is 19.1 Å². The molecule has 0 aliphatic carbocycles. The SMILES string of the molecule is CCOC(=O)C1=C(c2ccccc2)N=c2s/c(=C3\C(=O)N(Cc4ccccc4)c4ccccc43)c(=O)n2[C@@H]1c1cccc(OC)c1. The van der Waals surface area contributed by atoms with E-state index in [2.05, 4.69) is 0 Å². The molecule has 0 saturated carbocycles. The average molecular weight is 628 g/mol. The van der Waals surface area contributed by atoms with Crippen LogP contribution in [0.3, 0.4) is 0 Å². The van der Waals surface area contributed by atoms with Crippen molar-refractivity contribution in [2.45, 2.75) is 19.5 Å². The molecule has 0 spiro atoms. The lowest BCUT2D eigenvalue weighted by molar-refractivity contribution is -0.138. The third-order valence-corrected chi connectivity index (χ3v) is 9.15. The van der Waals surface area contributed by atoms with E-state index in [-0.39, 0.29) is 22.6 Å². The van der Waals surface area contributed by atoms with Crippen molar-refractivity contribution >= 4 is 40.2 Å². The van der Waals surface area contributed by atoms with E-state index in [4.69, 9.17) is 14.5 Å². The lowest BCUT2D eigenvalue weighted by Gasteiger charge is -2.26. The van der Waals surface area contributed by atoms with E-state index in [1.165, 1.54) is 4.57 Å². The molecule has 0 unspecified atom stereocenters. The minimum Gasteiger partial charge on any atom is -0.497 e. The van der Waals surface area contributed by atoms with Crippen LogP contribution in [0.2, 0.25) is 0 Å². The molecule has 8 nitrogen and oxygen atoms in total. The summed E-state index contributed by atoms with van der Waals surface area (Å²) in [5, 5.41) is 0. The Morgan fingerprint density at radius 2 is 1.61 bits per heavy atom. The molecule has 46 heavy (non-hydrogen) atoms. The van der Waals surface area contributed by atoms with E-state index in [9.17, 15) is 14.4 Å². The molecule has 0 fully saturated rings. The smallest absolute Gasteiger partial charge is 0.338 e. The second kappa shape index (κ2) is 12.1. The molecule has 0 bridgehead atoms. The van der Waals surface area contributed by atoms with Gasteiger partial charge >= 0.3 is 5.97 Å². The first-order valence-corrected chi connectivity index (χ1v) is 15.7. The molecular weight excluding hydrogens is 598 g/mol. The van der Waals surface area contributed by atoms with E-state index in [0.29, 0.717) is 45.1 Å². The van der Waals surface area contributed by atoms with Gasteiger partial charge in [0.2, 0.25) is 0 Å². The Morgan fingerprint density at radius 1 is 0.891 bits per heavy atom. The highest BCUT2D eigenvalue weighted by Gasteiger charge is 2.38. The van der Waals surface area contributed by atoms with Gasteiger partial charge in [0.05, 0.1) is 48.8 Å². The maximum atomic E-state index is 14.6. The van der Waals surface area contributed by atoms with Gasteiger partial charge in [0.25, 0.3) is 11.5 Å². The molecule has 1 amide bonds. The van der Waals surface area contributed by atoms with Crippen molar-refractivity contribution in [1.29, 1.82) is 0 Å². The van der Waals surface area contributed by atoms with Gasteiger partial charge in [0, 0.05) is 11.1 Å². The van der Waals surface area contributed by atoms with Crippen LogP contribution in [-0.2, 0) is 20.9 Å². The largest absolute Gasteiger partial charge is 0.497 e. The molecule has 1 aromatic heterocycles. The summed E-state index contributed by atoms with van der Waals surface area (Å²) in [7, 11) is 1.56. The first kappa shape index (κ1) is 29.2. The summed E-state index contributed by atoms with van der Waals surface area (Å²) in [6.45, 7) is 2.24. The molecule has 4 aromatic carbocycles. The van der Waals surface area contributed by atoms with E-state index < -0.39 is 17.6 Å². The number of esters is 1. The van der Waals surface area contributed by atoms with Gasteiger partial charge in [-0.05, 0) is 36.2 Å². The van der Waals surface area contributed by atoms with Crippen LogP contribution in [0, 0.1) is 0 Å². The Kier molecular flexibility index (Phi) is 7.68. The molecular formula is C37H29N3O5S. The number of para-hydroxylation sites is 1. The predicted octanol–water partition coefficient (Wildman–Crippen LogP) is 4.86. The summed E-state index contributed by atoms with van der Waals surface area (Å²) >= 11 is 1.15. The maximum absolute atomic E-state index is 14.6. The van der Waals surface area contributed by atoms with Crippen molar-refractivity contribution in [2.75, 3.05) is 18.6 Å². The van der Waals surface area contributed by atoms with Crippen molar-refractivity contribution in [1.82, 2.24) is 4.57 Å². The van der Waals surface area contributed by atoms with Crippen LogP contribution < -0.4 is 24.5 Å². The Balaban J connectivity index is 1.52. The highest BCUT2D eigenvalue weighted by Crippen LogP contribution is 2.38. The van der Waals surface area contributed by atoms with Crippen LogP contribution in [0.5, 0.6) is 5.75 Å². The van der Waals surface area contributed by atoms with Crippen LogP contribution in [0.15, 0.2) is 125 Å². The monoisotopic (exact) mass is 627 g/mol. The number of carbonyl (C=O) groups is 2. The Morgan fingerprint density at radius 3 is 2.35 bits per heavy atom. The summed E-state index contributed by atoms with van der Waals surface area (Å²) in [5.41, 5.74) is 4.29. The summed E-state index contributed by atoms with van der Waals surface area (Å²) in [5.74, 6) is -0.270. The molecule has 7 rings (SSSR count). The molecule has 3 heterocycles. The number of fused-ring (bicyclic) bond motifs is 2. The van der Waals surface area contributed by atoms with Gasteiger partial charge in [0.1, 0.15) is 10.3 Å². The Labute approximate surface area is 268 Å². The van der Waals surface area contributed by atoms with Crippen molar-refractivity contribution in [3.8, 4) is 5.75 Å². The van der Waals surface area contributed by atoms with Crippen molar-refractivity contribution in [3.05, 3.63) is 157 Å². The van der Waals surface area contributed by atoms with Gasteiger partial charge in [-0.15, -0.1) is 0 Å². The summed E-state index contributed by atoms with van der Waals surface area (Å²) in [6, 6.07) is 33.0. The molecule has 9 heteroatoms. The number of ether oxygens (including phenoxy) is 2. The number of anilines is 1. The summed E-state index contributed by atoms with van der Waals surface area (Å²) < 4.78 is 12.9. The third kappa shape index (κ3) is 4.95. The van der Waals surface area contributed by atoms with Crippen molar-refractivity contribution in [2.24, 2.45) is 4.99 Å². The highest BCUT2D eigenvalue weighted by molar-refractivity contribution is 7.07. The summed E-state index contributed by atoms with van der Waals surface area (Å²) in [4.78, 5) is 49.7. The Bertz CT molecular complexity index is 2200. The summed E-state index contributed by atoms with van der Waals surface area (Å²) in [6.07, 6.45) is 0. The predicted molar refractivity (Wildman–Crippen MR) is 177 cm³/mol. The molecule has 0 N–H and O–H groups in total. The number of aromatic nitrogens is 1. The first-order chi connectivity index (χ1) is 22.5. The van der Waals surface area contributed by atoms with Crippen molar-refractivity contribution in [3.63, 3.8) is 0 Å². The van der Waals surface area contributed by atoms with Gasteiger partial charge in [-0.25, -0.2) is 9.79 Å². The molecule has 0 radical (unpaired) electrons. The fraction of sp³-hybridized carbons (Fsp3) is 0.135.